The summed E-state index contributed by atoms with van der Waals surface area (Å²) in [6.07, 6.45) is 7.43. The van der Waals surface area contributed by atoms with Crippen molar-refractivity contribution in [2.24, 2.45) is 23.2 Å². The lowest BCUT2D eigenvalue weighted by atomic mass is 9.44. The van der Waals surface area contributed by atoms with Crippen molar-refractivity contribution in [3.8, 4) is 0 Å². The number of nitrogens with zero attached hydrogens (tertiary/aromatic N) is 4. The molecule has 4 atom stereocenters. The number of amides is 1. The Bertz CT molecular complexity index is 1080. The Morgan fingerprint density at radius 2 is 1.94 bits per heavy atom. The van der Waals surface area contributed by atoms with Crippen molar-refractivity contribution in [1.82, 2.24) is 25.0 Å². The molecule has 3 aliphatic carbocycles. The molecular weight excluding hydrogens is 508 g/mol. The quantitative estimate of drug-likeness (QED) is 0.475. The number of pyridine rings is 1. The lowest BCUT2D eigenvalue weighted by Crippen LogP contribution is -2.61. The lowest BCUT2D eigenvalue weighted by molar-refractivity contribution is -0.122. The van der Waals surface area contributed by atoms with Crippen molar-refractivity contribution >= 4 is 27.5 Å². The maximum atomic E-state index is 13.0. The van der Waals surface area contributed by atoms with Gasteiger partial charge >= 0.3 is 0 Å². The van der Waals surface area contributed by atoms with E-state index in [0.717, 1.165) is 31.6 Å². The van der Waals surface area contributed by atoms with E-state index >= 15 is 0 Å². The number of aromatic nitrogens is 3. The molecule has 0 saturated heterocycles. The third-order valence-corrected chi connectivity index (χ3v) is 9.11. The summed E-state index contributed by atoms with van der Waals surface area (Å²) in [5.41, 5.74) is 1.72. The SMILES string of the molecule is CCN(CC)C[C@@H]1[C@H]2C[C@@H](C[C@H]1Nc1cnn(CC(=O)NCc3ccncc3)c(=O)c1Br)C2(C)C. The van der Waals surface area contributed by atoms with Crippen molar-refractivity contribution < 1.29 is 4.79 Å². The molecule has 0 unspecified atom stereocenters. The van der Waals surface area contributed by atoms with Crippen LogP contribution in [-0.4, -0.2) is 51.2 Å². The summed E-state index contributed by atoms with van der Waals surface area (Å²) < 4.78 is 1.63. The summed E-state index contributed by atoms with van der Waals surface area (Å²) in [5.74, 6) is 1.63. The van der Waals surface area contributed by atoms with Crippen molar-refractivity contribution in [3.05, 3.63) is 51.1 Å². The average molecular weight is 546 g/mol. The van der Waals surface area contributed by atoms with Crippen LogP contribution in [0.25, 0.3) is 0 Å². The van der Waals surface area contributed by atoms with Crippen LogP contribution in [0.2, 0.25) is 0 Å². The van der Waals surface area contributed by atoms with Gasteiger partial charge in [0, 0.05) is 31.5 Å². The second-order valence-electron chi connectivity index (χ2n) is 10.5. The Kier molecular flexibility index (Phi) is 7.96. The molecule has 190 valence electrons. The Labute approximate surface area is 216 Å². The standard InChI is InChI=1S/C26H37BrN6O2/c1-5-32(6-2)15-19-20-11-18(26(20,3)4)12-21(19)31-22-14-30-33(25(35)24(22)27)16-23(34)29-13-17-7-9-28-10-8-17/h7-10,14,18-21,31H,5-6,11-13,15-16H2,1-4H3,(H,29,34)/t18-,19+,20+,21+/m0/s1. The zero-order valence-corrected chi connectivity index (χ0v) is 22.7. The van der Waals surface area contributed by atoms with Gasteiger partial charge in [-0.2, -0.15) is 5.10 Å². The van der Waals surface area contributed by atoms with Crippen molar-refractivity contribution in [2.75, 3.05) is 25.0 Å². The first kappa shape index (κ1) is 25.8. The summed E-state index contributed by atoms with van der Waals surface area (Å²) >= 11 is 3.49. The number of rotatable bonds is 10. The molecule has 3 aliphatic rings. The van der Waals surface area contributed by atoms with Gasteiger partial charge in [0.2, 0.25) is 5.91 Å². The summed E-state index contributed by atoms with van der Waals surface area (Å²) in [4.78, 5) is 31.9. The average Bonchev–Trinajstić information content (AvgIpc) is 2.86. The van der Waals surface area contributed by atoms with E-state index in [1.54, 1.807) is 18.6 Å². The van der Waals surface area contributed by atoms with E-state index in [0.29, 0.717) is 45.9 Å². The number of hydrogen-bond donors (Lipinski definition) is 2. The number of halogens is 1. The molecule has 0 radical (unpaired) electrons. The van der Waals surface area contributed by atoms with Gasteiger partial charge in [-0.1, -0.05) is 27.7 Å². The summed E-state index contributed by atoms with van der Waals surface area (Å²) in [6, 6.07) is 3.97. The smallest absolute Gasteiger partial charge is 0.283 e. The van der Waals surface area contributed by atoms with E-state index in [9.17, 15) is 9.59 Å². The van der Waals surface area contributed by atoms with Crippen molar-refractivity contribution in [1.29, 1.82) is 0 Å². The van der Waals surface area contributed by atoms with Crippen LogP contribution in [0.15, 0.2) is 40.0 Å². The maximum Gasteiger partial charge on any atom is 0.283 e. The second kappa shape index (κ2) is 10.8. The van der Waals surface area contributed by atoms with Crippen LogP contribution in [0.3, 0.4) is 0 Å². The highest BCUT2D eigenvalue weighted by atomic mass is 79.9. The molecule has 0 aliphatic heterocycles. The number of hydrogen-bond acceptors (Lipinski definition) is 6. The fourth-order valence-electron chi connectivity index (χ4n) is 5.92. The molecule has 3 fully saturated rings. The number of anilines is 1. The molecule has 1 amide bonds. The normalized spacial score (nSPS) is 24.6. The zero-order valence-electron chi connectivity index (χ0n) is 21.1. The van der Waals surface area contributed by atoms with Gasteiger partial charge < -0.3 is 15.5 Å². The first-order chi connectivity index (χ1) is 16.7. The molecule has 8 nitrogen and oxygen atoms in total. The van der Waals surface area contributed by atoms with E-state index < -0.39 is 0 Å². The van der Waals surface area contributed by atoms with Crippen LogP contribution in [0.4, 0.5) is 5.69 Å². The van der Waals surface area contributed by atoms with E-state index in [1.807, 2.05) is 12.1 Å². The highest BCUT2D eigenvalue weighted by molar-refractivity contribution is 9.10. The number of fused-ring (bicyclic) bond motifs is 2. The topological polar surface area (TPSA) is 92.2 Å². The molecule has 2 aromatic rings. The monoisotopic (exact) mass is 544 g/mol. The van der Waals surface area contributed by atoms with Gasteiger partial charge in [-0.25, -0.2) is 4.68 Å². The molecule has 2 aromatic heterocycles. The van der Waals surface area contributed by atoms with Gasteiger partial charge in [-0.3, -0.25) is 14.6 Å². The van der Waals surface area contributed by atoms with Gasteiger partial charge in [-0.05, 0) is 82.7 Å². The van der Waals surface area contributed by atoms with Gasteiger partial charge in [0.15, 0.2) is 0 Å². The first-order valence-corrected chi connectivity index (χ1v) is 13.4. The molecule has 0 aromatic carbocycles. The van der Waals surface area contributed by atoms with E-state index in [1.165, 1.54) is 11.1 Å². The third kappa shape index (κ3) is 5.45. The van der Waals surface area contributed by atoms with Crippen LogP contribution >= 0.6 is 15.9 Å². The van der Waals surface area contributed by atoms with Crippen LogP contribution in [0.1, 0.15) is 46.1 Å². The van der Waals surface area contributed by atoms with Gasteiger partial charge in [0.1, 0.15) is 11.0 Å². The molecule has 3 saturated carbocycles. The third-order valence-electron chi connectivity index (χ3n) is 8.34. The molecular formula is C26H37BrN6O2. The minimum atomic E-state index is -0.310. The predicted molar refractivity (Wildman–Crippen MR) is 141 cm³/mol. The molecule has 35 heavy (non-hydrogen) atoms. The number of carbonyl (C=O) groups excluding carboxylic acids is 1. The fraction of sp³-hybridized carbons (Fsp3) is 0.615. The van der Waals surface area contributed by atoms with E-state index in [2.05, 4.69) is 69.2 Å². The van der Waals surface area contributed by atoms with Gasteiger partial charge in [0.25, 0.3) is 5.56 Å². The van der Waals surface area contributed by atoms with Gasteiger partial charge in [0.05, 0.1) is 11.9 Å². The molecule has 2 bridgehead atoms. The Hall–Kier alpha value is -2.26. The highest BCUT2D eigenvalue weighted by Gasteiger charge is 2.57. The van der Waals surface area contributed by atoms with E-state index in [4.69, 9.17) is 0 Å². The fourth-order valence-corrected chi connectivity index (χ4v) is 6.34. The minimum absolute atomic E-state index is 0.130. The molecule has 2 N–H and O–H groups in total. The van der Waals surface area contributed by atoms with Crippen LogP contribution in [0, 0.1) is 23.2 Å². The maximum absolute atomic E-state index is 13.0. The first-order valence-electron chi connectivity index (χ1n) is 12.6. The Morgan fingerprint density at radius 3 is 2.60 bits per heavy atom. The second-order valence-corrected chi connectivity index (χ2v) is 11.3. The molecule has 5 rings (SSSR count). The summed E-state index contributed by atoms with van der Waals surface area (Å²) in [7, 11) is 0. The number of carbonyl (C=O) groups is 1. The summed E-state index contributed by atoms with van der Waals surface area (Å²) in [6.45, 7) is 12.7. The van der Waals surface area contributed by atoms with E-state index in [-0.39, 0.29) is 18.0 Å². The highest BCUT2D eigenvalue weighted by Crippen LogP contribution is 2.61. The van der Waals surface area contributed by atoms with Crippen LogP contribution < -0.4 is 16.2 Å². The molecule has 9 heteroatoms. The molecule has 2 heterocycles. The van der Waals surface area contributed by atoms with Crippen molar-refractivity contribution in [3.63, 3.8) is 0 Å². The van der Waals surface area contributed by atoms with Crippen LogP contribution in [0.5, 0.6) is 0 Å². The molecule has 0 spiro atoms. The minimum Gasteiger partial charge on any atom is -0.380 e. The van der Waals surface area contributed by atoms with Crippen molar-refractivity contribution in [2.45, 2.75) is 59.7 Å². The summed E-state index contributed by atoms with van der Waals surface area (Å²) in [5, 5.41) is 10.8. The Balaban J connectivity index is 1.44. The van der Waals surface area contributed by atoms with Gasteiger partial charge in [-0.15, -0.1) is 0 Å². The largest absolute Gasteiger partial charge is 0.380 e. The van der Waals surface area contributed by atoms with Crippen LogP contribution in [-0.2, 0) is 17.9 Å². The Morgan fingerprint density at radius 1 is 1.23 bits per heavy atom. The predicted octanol–water partition coefficient (Wildman–Crippen LogP) is 3.52. The zero-order chi connectivity index (χ0) is 25.2. The number of nitrogens with one attached hydrogen (secondary N) is 2. The lowest BCUT2D eigenvalue weighted by Gasteiger charge is -2.63.